The summed E-state index contributed by atoms with van der Waals surface area (Å²) in [6, 6.07) is 5.88. The van der Waals surface area contributed by atoms with Crippen LogP contribution in [0.4, 0.5) is 0 Å². The Morgan fingerprint density at radius 2 is 2.29 bits per heavy atom. The van der Waals surface area contributed by atoms with E-state index < -0.39 is 0 Å². The van der Waals surface area contributed by atoms with Gasteiger partial charge in [0, 0.05) is 5.92 Å². The Morgan fingerprint density at radius 3 is 2.86 bits per heavy atom. The lowest BCUT2D eigenvalue weighted by Crippen LogP contribution is -2.00. The molecule has 1 atom stereocenters. The summed E-state index contributed by atoms with van der Waals surface area (Å²) in [5.74, 6) is 0.862. The van der Waals surface area contributed by atoms with Crippen LogP contribution in [0.15, 0.2) is 22.7 Å². The SMILES string of the molecule is COc1cc(CC(C)C=O)ccc1Br. The highest BCUT2D eigenvalue weighted by Gasteiger charge is 2.05. The molecular formula is C11H13BrO2. The van der Waals surface area contributed by atoms with Crippen LogP contribution in [0.2, 0.25) is 0 Å². The first-order valence-electron chi connectivity index (χ1n) is 4.45. The topological polar surface area (TPSA) is 26.3 Å². The van der Waals surface area contributed by atoms with Crippen molar-refractivity contribution in [2.24, 2.45) is 5.92 Å². The first-order chi connectivity index (χ1) is 6.67. The smallest absolute Gasteiger partial charge is 0.133 e. The number of hydrogen-bond acceptors (Lipinski definition) is 2. The zero-order chi connectivity index (χ0) is 10.6. The fourth-order valence-electron chi connectivity index (χ4n) is 1.25. The average Bonchev–Trinajstić information content (AvgIpc) is 2.20. The first kappa shape index (κ1) is 11.2. The maximum absolute atomic E-state index is 10.5. The molecule has 0 saturated carbocycles. The highest BCUT2D eigenvalue weighted by Crippen LogP contribution is 2.26. The van der Waals surface area contributed by atoms with Gasteiger partial charge in [-0.1, -0.05) is 13.0 Å². The second-order valence-electron chi connectivity index (χ2n) is 3.29. The van der Waals surface area contributed by atoms with Crippen molar-refractivity contribution in [1.29, 1.82) is 0 Å². The molecule has 0 saturated heterocycles. The maximum atomic E-state index is 10.5. The van der Waals surface area contributed by atoms with Crippen molar-refractivity contribution in [3.63, 3.8) is 0 Å². The number of benzene rings is 1. The molecule has 2 nitrogen and oxygen atoms in total. The number of carbonyl (C=O) groups is 1. The Bertz CT molecular complexity index is 323. The van der Waals surface area contributed by atoms with Gasteiger partial charge < -0.3 is 9.53 Å². The summed E-state index contributed by atoms with van der Waals surface area (Å²) in [6.07, 6.45) is 1.72. The normalized spacial score (nSPS) is 12.2. The number of aldehydes is 1. The van der Waals surface area contributed by atoms with E-state index >= 15 is 0 Å². The summed E-state index contributed by atoms with van der Waals surface area (Å²) < 4.78 is 6.10. The van der Waals surface area contributed by atoms with Gasteiger partial charge in [-0.15, -0.1) is 0 Å². The molecule has 14 heavy (non-hydrogen) atoms. The van der Waals surface area contributed by atoms with Crippen LogP contribution >= 0.6 is 15.9 Å². The lowest BCUT2D eigenvalue weighted by molar-refractivity contribution is -0.110. The third-order valence-corrected chi connectivity index (χ3v) is 2.66. The number of rotatable bonds is 4. The summed E-state index contributed by atoms with van der Waals surface area (Å²) in [5.41, 5.74) is 1.12. The molecular weight excluding hydrogens is 244 g/mol. The molecule has 0 N–H and O–H groups in total. The van der Waals surface area contributed by atoms with Crippen molar-refractivity contribution < 1.29 is 9.53 Å². The molecule has 0 spiro atoms. The predicted molar refractivity (Wildman–Crippen MR) is 59.6 cm³/mol. The second-order valence-corrected chi connectivity index (χ2v) is 4.14. The highest BCUT2D eigenvalue weighted by atomic mass is 79.9. The van der Waals surface area contributed by atoms with Gasteiger partial charge in [0.05, 0.1) is 11.6 Å². The summed E-state index contributed by atoms with van der Waals surface area (Å²) in [5, 5.41) is 0. The van der Waals surface area contributed by atoms with Crippen molar-refractivity contribution in [3.8, 4) is 5.75 Å². The molecule has 1 unspecified atom stereocenters. The number of hydrogen-bond donors (Lipinski definition) is 0. The van der Waals surface area contributed by atoms with Crippen molar-refractivity contribution in [3.05, 3.63) is 28.2 Å². The van der Waals surface area contributed by atoms with E-state index in [2.05, 4.69) is 15.9 Å². The van der Waals surface area contributed by atoms with E-state index in [9.17, 15) is 4.79 Å². The van der Waals surface area contributed by atoms with Crippen molar-refractivity contribution >= 4 is 22.2 Å². The van der Waals surface area contributed by atoms with Gasteiger partial charge in [0.15, 0.2) is 0 Å². The molecule has 0 fully saturated rings. The van der Waals surface area contributed by atoms with Gasteiger partial charge in [0.2, 0.25) is 0 Å². The Kier molecular flexibility index (Phi) is 4.14. The fraction of sp³-hybridized carbons (Fsp3) is 0.364. The number of ether oxygens (including phenoxy) is 1. The predicted octanol–water partition coefficient (Wildman–Crippen LogP) is 2.84. The lowest BCUT2D eigenvalue weighted by Gasteiger charge is -2.07. The summed E-state index contributed by atoms with van der Waals surface area (Å²) in [4.78, 5) is 10.5. The van der Waals surface area contributed by atoms with Crippen LogP contribution in [0.5, 0.6) is 5.75 Å². The minimum Gasteiger partial charge on any atom is -0.496 e. The van der Waals surface area contributed by atoms with Crippen LogP contribution in [0.3, 0.4) is 0 Å². The monoisotopic (exact) mass is 256 g/mol. The van der Waals surface area contributed by atoms with Crippen molar-refractivity contribution in [1.82, 2.24) is 0 Å². The van der Waals surface area contributed by atoms with Crippen molar-refractivity contribution in [2.45, 2.75) is 13.3 Å². The Hall–Kier alpha value is -0.830. The van der Waals surface area contributed by atoms with Gasteiger partial charge in [-0.3, -0.25) is 0 Å². The van der Waals surface area contributed by atoms with E-state index in [1.807, 2.05) is 25.1 Å². The molecule has 0 aliphatic carbocycles. The van der Waals surface area contributed by atoms with Crippen LogP contribution in [-0.4, -0.2) is 13.4 Å². The minimum atomic E-state index is 0.0564. The number of halogens is 1. The van der Waals surface area contributed by atoms with E-state index in [1.165, 1.54) is 0 Å². The van der Waals surface area contributed by atoms with Gasteiger partial charge >= 0.3 is 0 Å². The maximum Gasteiger partial charge on any atom is 0.133 e. The molecule has 1 rings (SSSR count). The number of methoxy groups -OCH3 is 1. The fourth-order valence-corrected chi connectivity index (χ4v) is 1.66. The van der Waals surface area contributed by atoms with Gasteiger partial charge in [-0.25, -0.2) is 0 Å². The Balaban J connectivity index is 2.84. The molecule has 0 bridgehead atoms. The average molecular weight is 257 g/mol. The lowest BCUT2D eigenvalue weighted by atomic mass is 10.0. The molecule has 0 amide bonds. The molecule has 0 aliphatic heterocycles. The molecule has 1 aromatic rings. The summed E-state index contributed by atoms with van der Waals surface area (Å²) >= 11 is 3.38. The third-order valence-electron chi connectivity index (χ3n) is 2.01. The van der Waals surface area contributed by atoms with Gasteiger partial charge in [-0.2, -0.15) is 0 Å². The molecule has 0 aliphatic rings. The zero-order valence-electron chi connectivity index (χ0n) is 8.29. The van der Waals surface area contributed by atoms with Crippen molar-refractivity contribution in [2.75, 3.05) is 7.11 Å². The van der Waals surface area contributed by atoms with Gasteiger partial charge in [0.25, 0.3) is 0 Å². The molecule has 76 valence electrons. The zero-order valence-corrected chi connectivity index (χ0v) is 9.87. The van der Waals surface area contributed by atoms with Gasteiger partial charge in [-0.05, 0) is 40.0 Å². The third kappa shape index (κ3) is 2.84. The van der Waals surface area contributed by atoms with E-state index in [0.29, 0.717) is 0 Å². The van der Waals surface area contributed by atoms with Gasteiger partial charge in [0.1, 0.15) is 12.0 Å². The van der Waals surface area contributed by atoms with Crippen LogP contribution < -0.4 is 4.74 Å². The van der Waals surface area contributed by atoms with Crippen LogP contribution in [0.1, 0.15) is 12.5 Å². The minimum absolute atomic E-state index is 0.0564. The molecule has 3 heteroatoms. The summed E-state index contributed by atoms with van der Waals surface area (Å²) in [6.45, 7) is 1.90. The number of carbonyl (C=O) groups excluding carboxylic acids is 1. The van der Waals surface area contributed by atoms with E-state index in [0.717, 1.165) is 28.5 Å². The van der Waals surface area contributed by atoms with E-state index in [4.69, 9.17) is 4.74 Å². The Labute approximate surface area is 92.4 Å². The van der Waals surface area contributed by atoms with Crippen LogP contribution in [0.25, 0.3) is 0 Å². The molecule has 0 radical (unpaired) electrons. The first-order valence-corrected chi connectivity index (χ1v) is 5.24. The Morgan fingerprint density at radius 1 is 1.57 bits per heavy atom. The van der Waals surface area contributed by atoms with E-state index in [-0.39, 0.29) is 5.92 Å². The molecule has 0 aromatic heterocycles. The van der Waals surface area contributed by atoms with E-state index in [1.54, 1.807) is 7.11 Å². The molecule has 1 aromatic carbocycles. The standard InChI is InChI=1S/C11H13BrO2/c1-8(7-13)5-9-3-4-10(12)11(6-9)14-2/h3-4,6-8H,5H2,1-2H3. The second kappa shape index (κ2) is 5.15. The highest BCUT2D eigenvalue weighted by molar-refractivity contribution is 9.10. The summed E-state index contributed by atoms with van der Waals surface area (Å²) in [7, 11) is 1.63. The largest absolute Gasteiger partial charge is 0.496 e. The quantitative estimate of drug-likeness (QED) is 0.775. The van der Waals surface area contributed by atoms with Crippen LogP contribution in [0, 0.1) is 5.92 Å². The molecule has 0 heterocycles. The van der Waals surface area contributed by atoms with Crippen LogP contribution in [-0.2, 0) is 11.2 Å².